The summed E-state index contributed by atoms with van der Waals surface area (Å²) >= 11 is 0. The molecule has 146 valence electrons. The first-order chi connectivity index (χ1) is 13.5. The van der Waals surface area contributed by atoms with Crippen LogP contribution in [0.25, 0.3) is 10.9 Å². The monoisotopic (exact) mass is 383 g/mol. The molecule has 0 radical (unpaired) electrons. The maximum Gasteiger partial charge on any atom is 0.289 e. The van der Waals surface area contributed by atoms with Gasteiger partial charge < -0.3 is 19.6 Å². The zero-order valence-corrected chi connectivity index (χ0v) is 15.6. The molecule has 1 aromatic carbocycles. The van der Waals surface area contributed by atoms with Crippen LogP contribution in [-0.2, 0) is 11.2 Å². The number of carbonyl (C=O) groups is 2. The second-order valence-electron chi connectivity index (χ2n) is 7.21. The number of hydrogen-bond donors (Lipinski definition) is 2. The number of nitrogens with zero attached hydrogens (tertiary/aromatic N) is 1. The molecule has 3 heterocycles. The van der Waals surface area contributed by atoms with Gasteiger partial charge in [0.1, 0.15) is 5.82 Å². The topological polar surface area (TPSA) is 78.3 Å². The normalized spacial score (nSPS) is 15.1. The Labute approximate surface area is 161 Å². The lowest BCUT2D eigenvalue weighted by Crippen LogP contribution is -2.46. The van der Waals surface area contributed by atoms with Gasteiger partial charge in [0.05, 0.1) is 12.7 Å². The van der Waals surface area contributed by atoms with Gasteiger partial charge in [0.15, 0.2) is 5.76 Å². The fourth-order valence-corrected chi connectivity index (χ4v) is 3.80. The number of amides is 2. The van der Waals surface area contributed by atoms with Crippen molar-refractivity contribution in [3.05, 3.63) is 59.4 Å². The average Bonchev–Trinajstić information content (AvgIpc) is 3.31. The van der Waals surface area contributed by atoms with Crippen LogP contribution in [0.4, 0.5) is 4.39 Å². The molecule has 0 unspecified atom stereocenters. The van der Waals surface area contributed by atoms with Crippen molar-refractivity contribution in [2.45, 2.75) is 32.2 Å². The number of fused-ring (bicyclic) bond motifs is 1. The largest absolute Gasteiger partial charge is 0.459 e. The Morgan fingerprint density at radius 1 is 1.29 bits per heavy atom. The van der Waals surface area contributed by atoms with Crippen LogP contribution in [0, 0.1) is 12.7 Å². The van der Waals surface area contributed by atoms with Crippen LogP contribution in [0.15, 0.2) is 41.0 Å². The highest BCUT2D eigenvalue weighted by Crippen LogP contribution is 2.24. The van der Waals surface area contributed by atoms with Crippen LogP contribution >= 0.6 is 0 Å². The van der Waals surface area contributed by atoms with Crippen LogP contribution in [-0.4, -0.2) is 40.8 Å². The number of benzene rings is 1. The predicted octanol–water partition coefficient (Wildman–Crippen LogP) is 3.17. The number of piperidine rings is 1. The van der Waals surface area contributed by atoms with Crippen LogP contribution in [0.5, 0.6) is 0 Å². The number of furan rings is 1. The second kappa shape index (κ2) is 7.50. The van der Waals surface area contributed by atoms with Gasteiger partial charge in [-0.1, -0.05) is 0 Å². The van der Waals surface area contributed by atoms with Gasteiger partial charge in [0.25, 0.3) is 5.91 Å². The summed E-state index contributed by atoms with van der Waals surface area (Å²) in [6.07, 6.45) is 3.07. The number of aromatic nitrogens is 1. The molecule has 2 aromatic heterocycles. The highest BCUT2D eigenvalue weighted by Gasteiger charge is 2.26. The van der Waals surface area contributed by atoms with E-state index in [0.29, 0.717) is 31.7 Å². The van der Waals surface area contributed by atoms with Gasteiger partial charge in [-0.3, -0.25) is 9.59 Å². The summed E-state index contributed by atoms with van der Waals surface area (Å²) in [7, 11) is 0. The number of hydrogen-bond acceptors (Lipinski definition) is 3. The lowest BCUT2D eigenvalue weighted by Gasteiger charge is -2.31. The molecule has 1 fully saturated rings. The van der Waals surface area contributed by atoms with Gasteiger partial charge in [0.2, 0.25) is 5.91 Å². The number of aryl methyl sites for hydroxylation is 1. The summed E-state index contributed by atoms with van der Waals surface area (Å²) < 4.78 is 18.7. The van der Waals surface area contributed by atoms with E-state index in [1.165, 1.54) is 18.4 Å². The summed E-state index contributed by atoms with van der Waals surface area (Å²) in [4.78, 5) is 29.8. The molecule has 3 aromatic rings. The van der Waals surface area contributed by atoms with E-state index in [4.69, 9.17) is 4.42 Å². The van der Waals surface area contributed by atoms with Crippen molar-refractivity contribution in [1.29, 1.82) is 0 Å². The first kappa shape index (κ1) is 18.3. The Bertz CT molecular complexity index is 1000. The van der Waals surface area contributed by atoms with Crippen molar-refractivity contribution in [3.8, 4) is 0 Å². The molecule has 1 aliphatic rings. The zero-order chi connectivity index (χ0) is 19.7. The Kier molecular flexibility index (Phi) is 4.90. The minimum Gasteiger partial charge on any atom is -0.459 e. The standard InChI is InChI=1S/C21H22FN3O3/c1-13-16(17-11-14(22)4-5-18(17)23-13)12-20(26)24-15-6-8-25(9-7-15)21(27)19-3-2-10-28-19/h2-5,10-11,15,23H,6-9,12H2,1H3,(H,24,26). The van der Waals surface area contributed by atoms with Crippen LogP contribution in [0.2, 0.25) is 0 Å². The quantitative estimate of drug-likeness (QED) is 0.726. The number of halogens is 1. The highest BCUT2D eigenvalue weighted by atomic mass is 19.1. The number of H-pyrrole nitrogens is 1. The number of nitrogens with one attached hydrogen (secondary N) is 2. The summed E-state index contributed by atoms with van der Waals surface area (Å²) in [5.41, 5.74) is 2.51. The first-order valence-corrected chi connectivity index (χ1v) is 9.40. The van der Waals surface area contributed by atoms with Gasteiger partial charge in [-0.25, -0.2) is 4.39 Å². The molecule has 0 saturated carbocycles. The first-order valence-electron chi connectivity index (χ1n) is 9.40. The number of rotatable bonds is 4. The maximum absolute atomic E-state index is 13.6. The lowest BCUT2D eigenvalue weighted by molar-refractivity contribution is -0.121. The van der Waals surface area contributed by atoms with Crippen molar-refractivity contribution in [2.75, 3.05) is 13.1 Å². The second-order valence-corrected chi connectivity index (χ2v) is 7.21. The minimum absolute atomic E-state index is 0.0235. The predicted molar refractivity (Wildman–Crippen MR) is 102 cm³/mol. The highest BCUT2D eigenvalue weighted by molar-refractivity contribution is 5.92. The van der Waals surface area contributed by atoms with E-state index in [-0.39, 0.29) is 30.1 Å². The molecule has 2 amide bonds. The van der Waals surface area contributed by atoms with Gasteiger partial charge in [0, 0.05) is 35.7 Å². The lowest BCUT2D eigenvalue weighted by atomic mass is 10.0. The molecule has 4 rings (SSSR count). The minimum atomic E-state index is -0.318. The van der Waals surface area contributed by atoms with Crippen LogP contribution < -0.4 is 5.32 Å². The number of carbonyl (C=O) groups excluding carboxylic acids is 2. The molecule has 7 heteroatoms. The fourth-order valence-electron chi connectivity index (χ4n) is 3.80. The summed E-state index contributed by atoms with van der Waals surface area (Å²) in [6.45, 7) is 3.03. The van der Waals surface area contributed by atoms with Gasteiger partial charge in [-0.2, -0.15) is 0 Å². The third-order valence-electron chi connectivity index (χ3n) is 5.30. The van der Waals surface area contributed by atoms with Gasteiger partial charge >= 0.3 is 0 Å². The molecule has 1 aliphatic heterocycles. The molecular formula is C21H22FN3O3. The fraction of sp³-hybridized carbons (Fsp3) is 0.333. The van der Waals surface area contributed by atoms with E-state index in [0.717, 1.165) is 22.2 Å². The molecule has 0 atom stereocenters. The van der Waals surface area contributed by atoms with Crippen molar-refractivity contribution in [2.24, 2.45) is 0 Å². The molecule has 2 N–H and O–H groups in total. The molecule has 6 nitrogen and oxygen atoms in total. The molecule has 0 spiro atoms. The zero-order valence-electron chi connectivity index (χ0n) is 15.6. The van der Waals surface area contributed by atoms with E-state index >= 15 is 0 Å². The Morgan fingerprint density at radius 3 is 2.79 bits per heavy atom. The van der Waals surface area contributed by atoms with Gasteiger partial charge in [-0.15, -0.1) is 0 Å². The van der Waals surface area contributed by atoms with Crippen molar-refractivity contribution in [1.82, 2.24) is 15.2 Å². The third-order valence-corrected chi connectivity index (χ3v) is 5.30. The summed E-state index contributed by atoms with van der Waals surface area (Å²) in [5.74, 6) is -0.193. The molecule has 1 saturated heterocycles. The SMILES string of the molecule is Cc1[nH]c2ccc(F)cc2c1CC(=O)NC1CCN(C(=O)c2ccco2)CC1. The molecule has 28 heavy (non-hydrogen) atoms. The third kappa shape index (κ3) is 3.65. The van der Waals surface area contributed by atoms with E-state index in [1.54, 1.807) is 23.1 Å². The summed E-state index contributed by atoms with van der Waals surface area (Å²) in [5, 5.41) is 3.79. The Morgan fingerprint density at radius 2 is 2.07 bits per heavy atom. The van der Waals surface area contributed by atoms with Crippen LogP contribution in [0.3, 0.4) is 0 Å². The van der Waals surface area contributed by atoms with E-state index in [1.807, 2.05) is 6.92 Å². The van der Waals surface area contributed by atoms with Gasteiger partial charge in [-0.05, 0) is 55.7 Å². The van der Waals surface area contributed by atoms with E-state index in [9.17, 15) is 14.0 Å². The number of aromatic amines is 1. The molecular weight excluding hydrogens is 361 g/mol. The van der Waals surface area contributed by atoms with E-state index in [2.05, 4.69) is 10.3 Å². The number of likely N-dealkylation sites (tertiary alicyclic amines) is 1. The summed E-state index contributed by atoms with van der Waals surface area (Å²) in [6, 6.07) is 7.92. The molecule has 0 aliphatic carbocycles. The molecule has 0 bridgehead atoms. The Hall–Kier alpha value is -3.09. The maximum atomic E-state index is 13.6. The Balaban J connectivity index is 1.35. The average molecular weight is 383 g/mol. The van der Waals surface area contributed by atoms with Crippen LogP contribution in [0.1, 0.15) is 34.7 Å². The van der Waals surface area contributed by atoms with Crippen molar-refractivity contribution < 1.29 is 18.4 Å². The smallest absolute Gasteiger partial charge is 0.289 e. The van der Waals surface area contributed by atoms with Crippen molar-refractivity contribution in [3.63, 3.8) is 0 Å². The van der Waals surface area contributed by atoms with E-state index < -0.39 is 0 Å². The van der Waals surface area contributed by atoms with Crippen molar-refractivity contribution >= 4 is 22.7 Å².